The van der Waals surface area contributed by atoms with Gasteiger partial charge in [-0.15, -0.1) is 0 Å². The zero-order chi connectivity index (χ0) is 45.5. The predicted molar refractivity (Wildman–Crippen MR) is 263 cm³/mol. The van der Waals surface area contributed by atoms with E-state index >= 15 is 0 Å². The molecule has 3 fully saturated rings. The highest BCUT2D eigenvalue weighted by molar-refractivity contribution is 5.69. The lowest BCUT2D eigenvalue weighted by Gasteiger charge is -2.58. The molecule has 6 nitrogen and oxygen atoms in total. The van der Waals surface area contributed by atoms with Crippen molar-refractivity contribution in [1.82, 2.24) is 5.32 Å². The molecule has 0 spiro atoms. The number of carbonyl (C=O) groups excluding carboxylic acids is 3. The number of nitrogens with one attached hydrogen (secondary N) is 1. The SMILES string of the molecule is CCCCCCCCCCC/C=C/COC(=O)CCCC(CCCC=O)NCCCCCC(=O)OC1CCC2(C)C(=CCC3C2CCC2(C)C(C(C)CCC(C)C(C)C)CCC32)C1. The highest BCUT2D eigenvalue weighted by Crippen LogP contribution is 2.67. The van der Waals surface area contributed by atoms with Crippen molar-refractivity contribution in [3.63, 3.8) is 0 Å². The molecule has 6 heteroatoms. The van der Waals surface area contributed by atoms with Crippen LogP contribution < -0.4 is 5.32 Å². The molecule has 0 heterocycles. The van der Waals surface area contributed by atoms with Crippen LogP contribution >= 0.6 is 0 Å². The Morgan fingerprint density at radius 2 is 1.46 bits per heavy atom. The number of hydrogen-bond acceptors (Lipinski definition) is 6. The standard InChI is InChI=1S/C57H99NO5/c1-8-9-10-11-12-13-14-15-16-17-18-24-42-62-54(60)29-25-27-48(26-21-23-41-59)58-40-22-19-20-28-55(61)63-49-36-38-56(6)47(43-49)32-33-50-52-35-34-51(57(52,7)39-37-53(50)56)46(5)31-30-45(4)44(2)3/h18,24,32,41,44-46,48-53,58H,8-17,19-23,25-31,33-40,42-43H2,1-7H3/b24-18+. The molecule has 0 aliphatic heterocycles. The second kappa shape index (κ2) is 28.9. The lowest BCUT2D eigenvalue weighted by Crippen LogP contribution is -2.51. The van der Waals surface area contributed by atoms with Gasteiger partial charge in [-0.2, -0.15) is 0 Å². The van der Waals surface area contributed by atoms with E-state index in [9.17, 15) is 14.4 Å². The van der Waals surface area contributed by atoms with Gasteiger partial charge in [0.1, 0.15) is 19.0 Å². The number of unbranched alkanes of at least 4 members (excludes halogenated alkanes) is 12. The molecule has 1 N–H and O–H groups in total. The molecule has 0 aromatic rings. The van der Waals surface area contributed by atoms with Crippen LogP contribution in [0.2, 0.25) is 0 Å². The Morgan fingerprint density at radius 3 is 2.21 bits per heavy atom. The van der Waals surface area contributed by atoms with Gasteiger partial charge >= 0.3 is 11.9 Å². The molecule has 10 unspecified atom stereocenters. The first-order valence-electron chi connectivity index (χ1n) is 27.3. The van der Waals surface area contributed by atoms with E-state index in [1.54, 1.807) is 5.57 Å². The molecule has 0 amide bonds. The van der Waals surface area contributed by atoms with Gasteiger partial charge in [-0.25, -0.2) is 0 Å². The first kappa shape index (κ1) is 53.7. The fourth-order valence-electron chi connectivity index (χ4n) is 13.1. The van der Waals surface area contributed by atoms with Gasteiger partial charge in [0, 0.05) is 31.7 Å². The van der Waals surface area contributed by atoms with Crippen molar-refractivity contribution in [2.24, 2.45) is 52.3 Å². The van der Waals surface area contributed by atoms with Gasteiger partial charge < -0.3 is 19.6 Å². The summed E-state index contributed by atoms with van der Waals surface area (Å²) in [6.07, 6.45) is 41.4. The average molecular weight is 878 g/mol. The predicted octanol–water partition coefficient (Wildman–Crippen LogP) is 15.3. The van der Waals surface area contributed by atoms with Crippen LogP contribution in [0.4, 0.5) is 0 Å². The van der Waals surface area contributed by atoms with Gasteiger partial charge in [0.05, 0.1) is 0 Å². The minimum absolute atomic E-state index is 0.0268. The molecular weight excluding hydrogens is 779 g/mol. The van der Waals surface area contributed by atoms with E-state index in [2.05, 4.69) is 65.9 Å². The Balaban J connectivity index is 1.07. The van der Waals surface area contributed by atoms with Crippen LogP contribution in [0.15, 0.2) is 23.8 Å². The molecule has 4 rings (SSSR count). The van der Waals surface area contributed by atoms with Crippen molar-refractivity contribution in [2.75, 3.05) is 13.2 Å². The number of hydrogen-bond donors (Lipinski definition) is 1. The van der Waals surface area contributed by atoms with E-state index < -0.39 is 0 Å². The van der Waals surface area contributed by atoms with E-state index in [0.717, 1.165) is 125 Å². The molecule has 4 aliphatic carbocycles. The maximum atomic E-state index is 13.1. The zero-order valence-electron chi connectivity index (χ0n) is 42.2. The summed E-state index contributed by atoms with van der Waals surface area (Å²) >= 11 is 0. The van der Waals surface area contributed by atoms with E-state index in [4.69, 9.17) is 9.47 Å². The highest BCUT2D eigenvalue weighted by Gasteiger charge is 2.59. The molecule has 0 radical (unpaired) electrons. The summed E-state index contributed by atoms with van der Waals surface area (Å²) in [5, 5.41) is 3.68. The minimum Gasteiger partial charge on any atom is -0.462 e. The summed E-state index contributed by atoms with van der Waals surface area (Å²) in [5.74, 6) is 5.64. The number of aldehydes is 1. The molecule has 10 atom stereocenters. The van der Waals surface area contributed by atoms with Crippen molar-refractivity contribution < 1.29 is 23.9 Å². The highest BCUT2D eigenvalue weighted by atomic mass is 16.5. The Hall–Kier alpha value is -1.95. The van der Waals surface area contributed by atoms with Crippen LogP contribution in [0, 0.1) is 52.3 Å². The quantitative estimate of drug-likeness (QED) is 0.0306. The van der Waals surface area contributed by atoms with Crippen LogP contribution in [0.5, 0.6) is 0 Å². The third-order valence-electron chi connectivity index (χ3n) is 17.6. The van der Waals surface area contributed by atoms with Crippen molar-refractivity contribution in [2.45, 2.75) is 253 Å². The lowest BCUT2D eigenvalue weighted by molar-refractivity contribution is -0.151. The Bertz CT molecular complexity index is 1370. The van der Waals surface area contributed by atoms with Crippen LogP contribution in [-0.4, -0.2) is 43.5 Å². The van der Waals surface area contributed by atoms with Crippen LogP contribution in [-0.2, 0) is 23.9 Å². The number of carbonyl (C=O) groups is 3. The van der Waals surface area contributed by atoms with E-state index in [1.165, 1.54) is 103 Å². The lowest BCUT2D eigenvalue weighted by atomic mass is 9.47. The first-order chi connectivity index (χ1) is 30.4. The maximum absolute atomic E-state index is 13.1. The summed E-state index contributed by atoms with van der Waals surface area (Å²) in [7, 11) is 0. The van der Waals surface area contributed by atoms with Crippen molar-refractivity contribution in [3.05, 3.63) is 23.8 Å². The second-order valence-corrected chi connectivity index (χ2v) is 22.3. The normalized spacial score (nSPS) is 28.2. The smallest absolute Gasteiger partial charge is 0.306 e. The molecule has 0 aromatic heterocycles. The van der Waals surface area contributed by atoms with Crippen molar-refractivity contribution in [3.8, 4) is 0 Å². The second-order valence-electron chi connectivity index (χ2n) is 22.3. The fourth-order valence-corrected chi connectivity index (χ4v) is 13.1. The molecule has 4 aliphatic rings. The molecule has 0 aromatic carbocycles. The summed E-state index contributed by atoms with van der Waals surface area (Å²) < 4.78 is 11.6. The molecule has 0 bridgehead atoms. The van der Waals surface area contributed by atoms with Gasteiger partial charge in [-0.1, -0.05) is 143 Å². The van der Waals surface area contributed by atoms with Gasteiger partial charge in [0.25, 0.3) is 0 Å². The van der Waals surface area contributed by atoms with Gasteiger partial charge in [0.15, 0.2) is 0 Å². The average Bonchev–Trinajstić information content (AvgIpc) is 3.62. The number of allylic oxidation sites excluding steroid dienone is 2. The van der Waals surface area contributed by atoms with E-state index in [0.29, 0.717) is 31.3 Å². The van der Waals surface area contributed by atoms with Gasteiger partial charge in [-0.3, -0.25) is 9.59 Å². The fraction of sp³-hybridized carbons (Fsp3) is 0.877. The molecular formula is C57H99NO5. The van der Waals surface area contributed by atoms with E-state index in [1.807, 2.05) is 6.08 Å². The zero-order valence-corrected chi connectivity index (χ0v) is 42.2. The maximum Gasteiger partial charge on any atom is 0.306 e. The Labute approximate surface area is 388 Å². The van der Waals surface area contributed by atoms with Crippen molar-refractivity contribution >= 4 is 18.2 Å². The molecule has 3 saturated carbocycles. The summed E-state index contributed by atoms with van der Waals surface area (Å²) in [6.45, 7) is 18.6. The van der Waals surface area contributed by atoms with Gasteiger partial charge in [-0.05, 0) is 155 Å². The number of ether oxygens (including phenoxy) is 2. The summed E-state index contributed by atoms with van der Waals surface area (Å²) in [4.78, 5) is 36.4. The largest absolute Gasteiger partial charge is 0.462 e. The van der Waals surface area contributed by atoms with Gasteiger partial charge in [0.2, 0.25) is 0 Å². The minimum atomic E-state index is -0.131. The Morgan fingerprint density at radius 1 is 0.746 bits per heavy atom. The number of esters is 2. The number of fused-ring (bicyclic) bond motifs is 5. The first-order valence-corrected chi connectivity index (χ1v) is 27.3. The number of rotatable bonds is 33. The van der Waals surface area contributed by atoms with Crippen molar-refractivity contribution in [1.29, 1.82) is 0 Å². The molecule has 362 valence electrons. The monoisotopic (exact) mass is 878 g/mol. The molecule has 0 saturated heterocycles. The Kier molecular flexibility index (Phi) is 24.7. The topological polar surface area (TPSA) is 81.7 Å². The van der Waals surface area contributed by atoms with Crippen LogP contribution in [0.3, 0.4) is 0 Å². The van der Waals surface area contributed by atoms with Crippen LogP contribution in [0.1, 0.15) is 241 Å². The molecule has 63 heavy (non-hydrogen) atoms. The third-order valence-corrected chi connectivity index (χ3v) is 17.6. The van der Waals surface area contributed by atoms with E-state index in [-0.39, 0.29) is 29.5 Å². The summed E-state index contributed by atoms with van der Waals surface area (Å²) in [6, 6.07) is 0.283. The third kappa shape index (κ3) is 17.3. The summed E-state index contributed by atoms with van der Waals surface area (Å²) in [5.41, 5.74) is 2.37. The van der Waals surface area contributed by atoms with Crippen LogP contribution in [0.25, 0.3) is 0 Å².